The van der Waals surface area contributed by atoms with Crippen molar-refractivity contribution in [3.8, 4) is 5.75 Å². The molecule has 0 spiro atoms. The molecule has 2 aromatic carbocycles. The van der Waals surface area contributed by atoms with Crippen LogP contribution in [0, 0.1) is 27.7 Å². The summed E-state index contributed by atoms with van der Waals surface area (Å²) >= 11 is 0. The Hall–Kier alpha value is -2.91. The fourth-order valence-electron chi connectivity index (χ4n) is 4.11. The van der Waals surface area contributed by atoms with Crippen molar-refractivity contribution in [2.75, 3.05) is 39.3 Å². The molecule has 0 unspecified atom stereocenters. The van der Waals surface area contributed by atoms with Crippen molar-refractivity contribution in [1.82, 2.24) is 14.5 Å². The Labute approximate surface area is 201 Å². The molecule has 1 heterocycles. The fraction of sp³-hybridized carbons (Fsp3) is 0.440. The summed E-state index contributed by atoms with van der Waals surface area (Å²) in [6.07, 6.45) is 0. The van der Waals surface area contributed by atoms with Crippen LogP contribution in [0.4, 0.5) is 0 Å². The van der Waals surface area contributed by atoms with Crippen molar-refractivity contribution in [1.29, 1.82) is 0 Å². The van der Waals surface area contributed by atoms with Crippen LogP contribution in [0.15, 0.2) is 35.2 Å². The lowest BCUT2D eigenvalue weighted by Crippen LogP contribution is -2.52. The van der Waals surface area contributed by atoms with Crippen LogP contribution in [0.2, 0.25) is 0 Å². The summed E-state index contributed by atoms with van der Waals surface area (Å²) in [5.41, 5.74) is 3.85. The van der Waals surface area contributed by atoms with Crippen LogP contribution in [-0.2, 0) is 14.8 Å². The number of nitrogens with one attached hydrogen (secondary N) is 1. The van der Waals surface area contributed by atoms with Crippen molar-refractivity contribution < 1.29 is 22.7 Å². The van der Waals surface area contributed by atoms with Gasteiger partial charge in [0.1, 0.15) is 5.75 Å². The SMILES string of the molecule is CCOc1ccc(C(=O)NCC(=O)N2CCN(S(=O)(=O)c3c(C)c(C)cc(C)c3C)CC2)cc1. The molecule has 184 valence electrons. The molecule has 34 heavy (non-hydrogen) atoms. The Morgan fingerprint density at radius 1 is 0.941 bits per heavy atom. The first kappa shape index (κ1) is 25.7. The zero-order valence-corrected chi connectivity index (χ0v) is 21.3. The summed E-state index contributed by atoms with van der Waals surface area (Å²) in [4.78, 5) is 26.9. The number of nitrogens with zero attached hydrogens (tertiary/aromatic N) is 2. The Morgan fingerprint density at radius 3 is 2.03 bits per heavy atom. The molecule has 1 N–H and O–H groups in total. The Kier molecular flexibility index (Phi) is 7.99. The second-order valence-electron chi connectivity index (χ2n) is 8.51. The minimum absolute atomic E-state index is 0.145. The van der Waals surface area contributed by atoms with Crippen molar-refractivity contribution in [3.63, 3.8) is 0 Å². The number of carbonyl (C=O) groups is 2. The highest BCUT2D eigenvalue weighted by atomic mass is 32.2. The maximum atomic E-state index is 13.4. The highest BCUT2D eigenvalue weighted by molar-refractivity contribution is 7.89. The molecule has 0 aromatic heterocycles. The number of aryl methyl sites for hydroxylation is 2. The fourth-order valence-corrected chi connectivity index (χ4v) is 6.11. The molecule has 9 heteroatoms. The average molecular weight is 488 g/mol. The second kappa shape index (κ2) is 10.6. The average Bonchev–Trinajstić information content (AvgIpc) is 2.82. The normalized spacial score (nSPS) is 14.7. The number of ether oxygens (including phenoxy) is 1. The molecule has 0 radical (unpaired) electrons. The third kappa shape index (κ3) is 5.42. The first-order valence-electron chi connectivity index (χ1n) is 11.4. The molecule has 0 saturated carbocycles. The summed E-state index contributed by atoms with van der Waals surface area (Å²) in [7, 11) is -3.67. The van der Waals surface area contributed by atoms with Crippen molar-refractivity contribution in [3.05, 3.63) is 58.1 Å². The van der Waals surface area contributed by atoms with Gasteiger partial charge in [-0.05, 0) is 81.1 Å². The minimum Gasteiger partial charge on any atom is -0.494 e. The molecular weight excluding hydrogens is 454 g/mol. The number of carbonyl (C=O) groups excluding carboxylic acids is 2. The third-order valence-corrected chi connectivity index (χ3v) is 8.49. The predicted octanol–water partition coefficient (Wildman–Crippen LogP) is 2.58. The first-order valence-corrected chi connectivity index (χ1v) is 12.9. The minimum atomic E-state index is -3.67. The highest BCUT2D eigenvalue weighted by Crippen LogP contribution is 2.29. The van der Waals surface area contributed by atoms with Crippen LogP contribution >= 0.6 is 0 Å². The van der Waals surface area contributed by atoms with Gasteiger partial charge in [0.15, 0.2) is 0 Å². The van der Waals surface area contributed by atoms with E-state index in [9.17, 15) is 18.0 Å². The van der Waals surface area contributed by atoms with Gasteiger partial charge < -0.3 is 15.0 Å². The molecule has 2 amide bonds. The molecule has 0 aliphatic carbocycles. The number of rotatable bonds is 7. The van der Waals surface area contributed by atoms with E-state index in [1.807, 2.05) is 40.7 Å². The van der Waals surface area contributed by atoms with Crippen LogP contribution in [0.1, 0.15) is 39.5 Å². The van der Waals surface area contributed by atoms with Gasteiger partial charge >= 0.3 is 0 Å². The first-order chi connectivity index (χ1) is 16.1. The van der Waals surface area contributed by atoms with Gasteiger partial charge in [-0.3, -0.25) is 9.59 Å². The van der Waals surface area contributed by atoms with Crippen molar-refractivity contribution in [2.45, 2.75) is 39.5 Å². The summed E-state index contributed by atoms with van der Waals surface area (Å²) in [5, 5.41) is 2.64. The largest absolute Gasteiger partial charge is 0.494 e. The Balaban J connectivity index is 1.58. The maximum absolute atomic E-state index is 13.4. The number of piperazine rings is 1. The number of amides is 2. The molecule has 2 aromatic rings. The quantitative estimate of drug-likeness (QED) is 0.648. The summed E-state index contributed by atoms with van der Waals surface area (Å²) in [6, 6.07) is 8.71. The molecule has 1 aliphatic heterocycles. The Morgan fingerprint density at radius 2 is 1.50 bits per heavy atom. The van der Waals surface area contributed by atoms with E-state index in [4.69, 9.17) is 4.74 Å². The molecule has 8 nitrogen and oxygen atoms in total. The molecular formula is C25H33N3O5S. The molecule has 1 aliphatic rings. The van der Waals surface area contributed by atoms with E-state index in [0.717, 1.165) is 22.3 Å². The summed E-state index contributed by atoms with van der Waals surface area (Å²) < 4.78 is 33.6. The van der Waals surface area contributed by atoms with Crippen molar-refractivity contribution in [2.24, 2.45) is 0 Å². The second-order valence-corrected chi connectivity index (χ2v) is 10.4. The van der Waals surface area contributed by atoms with Crippen LogP contribution in [0.25, 0.3) is 0 Å². The van der Waals surface area contributed by atoms with Crippen LogP contribution in [-0.4, -0.2) is 68.8 Å². The van der Waals surface area contributed by atoms with E-state index in [-0.39, 0.29) is 44.5 Å². The summed E-state index contributed by atoms with van der Waals surface area (Å²) in [5.74, 6) is 0.0858. The number of benzene rings is 2. The van der Waals surface area contributed by atoms with Gasteiger partial charge in [0.2, 0.25) is 15.9 Å². The van der Waals surface area contributed by atoms with Gasteiger partial charge in [-0.25, -0.2) is 8.42 Å². The van der Waals surface area contributed by atoms with E-state index in [0.29, 0.717) is 22.8 Å². The molecule has 1 fully saturated rings. The lowest BCUT2D eigenvalue weighted by molar-refractivity contribution is -0.131. The van der Waals surface area contributed by atoms with E-state index >= 15 is 0 Å². The van der Waals surface area contributed by atoms with Crippen LogP contribution in [0.3, 0.4) is 0 Å². The zero-order valence-electron chi connectivity index (χ0n) is 20.5. The van der Waals surface area contributed by atoms with E-state index in [2.05, 4.69) is 5.32 Å². The monoisotopic (exact) mass is 487 g/mol. The van der Waals surface area contributed by atoms with Gasteiger partial charge in [0.05, 0.1) is 18.0 Å². The van der Waals surface area contributed by atoms with E-state index in [1.54, 1.807) is 29.2 Å². The van der Waals surface area contributed by atoms with Gasteiger partial charge in [0.25, 0.3) is 5.91 Å². The predicted molar refractivity (Wildman–Crippen MR) is 131 cm³/mol. The van der Waals surface area contributed by atoms with Crippen LogP contribution in [0.5, 0.6) is 5.75 Å². The van der Waals surface area contributed by atoms with E-state index in [1.165, 1.54) is 4.31 Å². The maximum Gasteiger partial charge on any atom is 0.251 e. The molecule has 1 saturated heterocycles. The third-order valence-electron chi connectivity index (χ3n) is 6.31. The van der Waals surface area contributed by atoms with Crippen LogP contribution < -0.4 is 10.1 Å². The molecule has 3 rings (SSSR count). The smallest absolute Gasteiger partial charge is 0.251 e. The lowest BCUT2D eigenvalue weighted by Gasteiger charge is -2.34. The number of sulfonamides is 1. The zero-order chi connectivity index (χ0) is 25.0. The molecule has 0 atom stereocenters. The standard InChI is InChI=1S/C25H33N3O5S/c1-6-33-22-9-7-21(8-10-22)25(30)26-16-23(29)27-11-13-28(14-12-27)34(31,32)24-19(4)17(2)15-18(3)20(24)5/h7-10,15H,6,11-14,16H2,1-5H3,(H,26,30). The van der Waals surface area contributed by atoms with Crippen molar-refractivity contribution >= 4 is 21.8 Å². The van der Waals surface area contributed by atoms with Gasteiger partial charge in [-0.2, -0.15) is 4.31 Å². The highest BCUT2D eigenvalue weighted by Gasteiger charge is 2.32. The lowest BCUT2D eigenvalue weighted by atomic mass is 10.0. The van der Waals surface area contributed by atoms with E-state index < -0.39 is 10.0 Å². The van der Waals surface area contributed by atoms with Gasteiger partial charge in [-0.15, -0.1) is 0 Å². The van der Waals surface area contributed by atoms with Gasteiger partial charge in [0, 0.05) is 31.7 Å². The topological polar surface area (TPSA) is 96.0 Å². The summed E-state index contributed by atoms with van der Waals surface area (Å²) in [6.45, 7) is 10.8. The number of hydrogen-bond donors (Lipinski definition) is 1. The van der Waals surface area contributed by atoms with Gasteiger partial charge in [-0.1, -0.05) is 6.07 Å². The molecule has 0 bridgehead atoms. The number of hydrogen-bond acceptors (Lipinski definition) is 5. The Bertz CT molecular complexity index is 1140.